The number of hydrogen-bond donors (Lipinski definition) is 0. The first kappa shape index (κ1) is 25.3. The van der Waals surface area contributed by atoms with Crippen molar-refractivity contribution in [2.75, 3.05) is 0 Å². The third-order valence-corrected chi connectivity index (χ3v) is 14.8. The maximum Gasteiger partial charge on any atom is 0.139 e. The van der Waals surface area contributed by atoms with Crippen molar-refractivity contribution >= 4 is 5.78 Å². The fourth-order valence-corrected chi connectivity index (χ4v) is 13.2. The summed E-state index contributed by atoms with van der Waals surface area (Å²) in [6.45, 7) is 17.8. The van der Waals surface area contributed by atoms with Gasteiger partial charge in [-0.3, -0.25) is 4.79 Å². The highest BCUT2D eigenvalue weighted by Gasteiger charge is 2.71. The molecule has 0 spiro atoms. The number of ketones is 1. The van der Waals surface area contributed by atoms with Crippen LogP contribution in [0, 0.1) is 56.7 Å². The summed E-state index contributed by atoms with van der Waals surface area (Å²) in [5, 5.41) is 0. The van der Waals surface area contributed by atoms with Crippen LogP contribution in [0.5, 0.6) is 0 Å². The maximum absolute atomic E-state index is 13.4. The molecule has 0 saturated heterocycles. The van der Waals surface area contributed by atoms with E-state index in [1.54, 1.807) is 0 Å². The van der Waals surface area contributed by atoms with E-state index >= 15 is 0 Å². The van der Waals surface area contributed by atoms with E-state index in [0.717, 1.165) is 42.9 Å². The van der Waals surface area contributed by atoms with Crippen LogP contribution in [0.4, 0.5) is 0 Å². The first-order valence-electron chi connectivity index (χ1n) is 15.7. The van der Waals surface area contributed by atoms with Gasteiger partial charge in [-0.05, 0) is 122 Å². The van der Waals surface area contributed by atoms with Gasteiger partial charge < -0.3 is 0 Å². The van der Waals surface area contributed by atoms with E-state index in [1.807, 2.05) is 0 Å². The third-order valence-electron chi connectivity index (χ3n) is 14.8. The SMILES string of the molecule is CCC1(CC)C(=O)CC[C@@]2(C)[C@H]3CC[C@H]4[C@H]5[C@@H](C)CCC[C@@]5(CC)CC[C@@]4(CC)[C@@]3(C)CC[C@@H]12. The second-order valence-electron chi connectivity index (χ2n) is 14.7. The molecule has 1 heteroatoms. The number of carbonyl (C=O) groups excluding carboxylic acids is 1. The summed E-state index contributed by atoms with van der Waals surface area (Å²) in [7, 11) is 0. The smallest absolute Gasteiger partial charge is 0.139 e. The molecule has 0 amide bonds. The number of Topliss-reactive ketones (excluding diaryl/α,β-unsaturated/α-hetero) is 1. The molecule has 5 aliphatic carbocycles. The first-order valence-corrected chi connectivity index (χ1v) is 15.7. The van der Waals surface area contributed by atoms with E-state index in [4.69, 9.17) is 0 Å². The molecule has 0 bridgehead atoms. The van der Waals surface area contributed by atoms with Crippen LogP contribution in [0.1, 0.15) is 145 Å². The molecule has 5 rings (SSSR count). The van der Waals surface area contributed by atoms with Gasteiger partial charge in [0.05, 0.1) is 0 Å². The molecular weight excluding hydrogens is 412 g/mol. The highest BCUT2D eigenvalue weighted by Crippen LogP contribution is 2.78. The lowest BCUT2D eigenvalue weighted by atomic mass is 9.30. The van der Waals surface area contributed by atoms with Crippen LogP contribution in [-0.2, 0) is 4.79 Å². The highest BCUT2D eigenvalue weighted by atomic mass is 16.1. The summed E-state index contributed by atoms with van der Waals surface area (Å²) in [6, 6.07) is 0. The first-order chi connectivity index (χ1) is 16.1. The molecule has 0 unspecified atom stereocenters. The average molecular weight is 469 g/mol. The Kier molecular flexibility index (Phi) is 6.21. The summed E-state index contributed by atoms with van der Waals surface area (Å²) >= 11 is 0. The van der Waals surface area contributed by atoms with Crippen LogP contribution in [0.3, 0.4) is 0 Å². The Morgan fingerprint density at radius 3 is 2.15 bits per heavy atom. The standard InChI is InChI=1S/C33H56O/c1-8-31-18-12-13-23(5)28(31)24-14-15-25-29(6)19-17-27(34)32(9-2,10-3)26(29)16-20-30(25,7)33(24,11-4)22-21-31/h23-26,28H,8-22H2,1-7H3/t23-,24-,25+,26+,28+,29-,30-,31-,33+/m0/s1. The normalized spacial score (nSPS) is 52.2. The minimum Gasteiger partial charge on any atom is -0.299 e. The zero-order valence-corrected chi connectivity index (χ0v) is 23.9. The lowest BCUT2D eigenvalue weighted by molar-refractivity contribution is -0.253. The van der Waals surface area contributed by atoms with Gasteiger partial charge in [-0.25, -0.2) is 0 Å². The van der Waals surface area contributed by atoms with Crippen molar-refractivity contribution in [1.29, 1.82) is 0 Å². The zero-order valence-electron chi connectivity index (χ0n) is 23.9. The molecule has 34 heavy (non-hydrogen) atoms. The van der Waals surface area contributed by atoms with E-state index in [0.29, 0.717) is 33.4 Å². The van der Waals surface area contributed by atoms with Crippen molar-refractivity contribution in [2.45, 2.75) is 145 Å². The van der Waals surface area contributed by atoms with Crippen LogP contribution in [0.15, 0.2) is 0 Å². The minimum atomic E-state index is -0.0353. The number of hydrogen-bond acceptors (Lipinski definition) is 1. The Labute approximate surface area is 212 Å². The Morgan fingerprint density at radius 1 is 0.765 bits per heavy atom. The Morgan fingerprint density at radius 2 is 1.50 bits per heavy atom. The lowest BCUT2D eigenvalue weighted by Crippen LogP contribution is -2.68. The maximum atomic E-state index is 13.4. The Hall–Kier alpha value is -0.330. The van der Waals surface area contributed by atoms with Gasteiger partial charge in [0, 0.05) is 11.8 Å². The molecule has 1 nitrogen and oxygen atoms in total. The van der Waals surface area contributed by atoms with Crippen molar-refractivity contribution < 1.29 is 4.79 Å². The summed E-state index contributed by atoms with van der Waals surface area (Å²) in [6.07, 6.45) is 20.0. The molecule has 0 radical (unpaired) electrons. The Balaban J connectivity index is 1.58. The predicted octanol–water partition coefficient (Wildman–Crippen LogP) is 9.63. The number of carbonyl (C=O) groups is 1. The summed E-state index contributed by atoms with van der Waals surface area (Å²) in [5.74, 6) is 4.86. The van der Waals surface area contributed by atoms with Gasteiger partial charge in [-0.2, -0.15) is 0 Å². The van der Waals surface area contributed by atoms with Crippen LogP contribution >= 0.6 is 0 Å². The van der Waals surface area contributed by atoms with Crippen LogP contribution in [-0.4, -0.2) is 5.78 Å². The second kappa shape index (κ2) is 8.34. The molecule has 0 aromatic carbocycles. The molecule has 9 atom stereocenters. The third kappa shape index (κ3) is 2.88. The summed E-state index contributed by atoms with van der Waals surface area (Å²) < 4.78 is 0. The van der Waals surface area contributed by atoms with Crippen molar-refractivity contribution in [3.05, 3.63) is 0 Å². The van der Waals surface area contributed by atoms with Crippen molar-refractivity contribution in [1.82, 2.24) is 0 Å². The molecule has 0 aliphatic heterocycles. The second-order valence-corrected chi connectivity index (χ2v) is 14.7. The average Bonchev–Trinajstić information content (AvgIpc) is 2.84. The largest absolute Gasteiger partial charge is 0.299 e. The molecule has 0 aromatic heterocycles. The van der Waals surface area contributed by atoms with Gasteiger partial charge >= 0.3 is 0 Å². The molecule has 194 valence electrons. The van der Waals surface area contributed by atoms with E-state index in [-0.39, 0.29) is 5.41 Å². The molecule has 0 N–H and O–H groups in total. The molecule has 0 heterocycles. The lowest BCUT2D eigenvalue weighted by Gasteiger charge is -2.74. The Bertz CT molecular complexity index is 794. The quantitative estimate of drug-likeness (QED) is 0.401. The molecule has 5 fully saturated rings. The fraction of sp³-hybridized carbons (Fsp3) is 0.970. The van der Waals surface area contributed by atoms with Crippen LogP contribution in [0.25, 0.3) is 0 Å². The van der Waals surface area contributed by atoms with Gasteiger partial charge in [0.2, 0.25) is 0 Å². The van der Waals surface area contributed by atoms with Crippen LogP contribution < -0.4 is 0 Å². The number of fused-ring (bicyclic) bond motifs is 7. The highest BCUT2D eigenvalue weighted by molar-refractivity contribution is 5.86. The zero-order chi connectivity index (χ0) is 24.6. The van der Waals surface area contributed by atoms with Crippen molar-refractivity contribution in [3.8, 4) is 0 Å². The topological polar surface area (TPSA) is 17.1 Å². The summed E-state index contributed by atoms with van der Waals surface area (Å²) in [5.41, 5.74) is 1.95. The summed E-state index contributed by atoms with van der Waals surface area (Å²) in [4.78, 5) is 13.4. The van der Waals surface area contributed by atoms with Crippen molar-refractivity contribution in [2.24, 2.45) is 56.7 Å². The predicted molar refractivity (Wildman–Crippen MR) is 144 cm³/mol. The fourth-order valence-electron chi connectivity index (χ4n) is 13.2. The van der Waals surface area contributed by atoms with Gasteiger partial charge in [-0.1, -0.05) is 67.7 Å². The van der Waals surface area contributed by atoms with Crippen LogP contribution in [0.2, 0.25) is 0 Å². The minimum absolute atomic E-state index is 0.0353. The van der Waals surface area contributed by atoms with Gasteiger partial charge in [0.25, 0.3) is 0 Å². The van der Waals surface area contributed by atoms with E-state index < -0.39 is 0 Å². The van der Waals surface area contributed by atoms with E-state index in [2.05, 4.69) is 48.5 Å². The number of rotatable bonds is 4. The monoisotopic (exact) mass is 468 g/mol. The van der Waals surface area contributed by atoms with Gasteiger partial charge in [-0.15, -0.1) is 0 Å². The molecule has 5 saturated carbocycles. The van der Waals surface area contributed by atoms with Gasteiger partial charge in [0.15, 0.2) is 0 Å². The van der Waals surface area contributed by atoms with E-state index in [9.17, 15) is 4.79 Å². The van der Waals surface area contributed by atoms with Crippen molar-refractivity contribution in [3.63, 3.8) is 0 Å². The molecule has 5 aliphatic rings. The van der Waals surface area contributed by atoms with E-state index in [1.165, 1.54) is 77.0 Å². The van der Waals surface area contributed by atoms with Gasteiger partial charge in [0.1, 0.15) is 5.78 Å². The molecular formula is C33H56O. The molecule has 0 aromatic rings.